The standard InChI is InChI=1S/C30H37N3O3S/c1-18-16-32-29(37-18)33-27(35)10-6-20-15-26(31-17-22-4-3-13-36-22)30(2)12-11-24-23-9-7-21(34)14-19(23)5-8-25(24)28(20)30/h3-4,7,9,13-14,16,20,24-26,28,31,34H,5-6,8,10-12,15,17H2,1-2H3,(H,32,33,35). The first-order valence-corrected chi connectivity index (χ1v) is 14.5. The molecule has 6 rings (SSSR count). The second kappa shape index (κ2) is 9.91. The van der Waals surface area contributed by atoms with Gasteiger partial charge in [0.25, 0.3) is 0 Å². The van der Waals surface area contributed by atoms with Crippen LogP contribution >= 0.6 is 11.3 Å². The number of nitrogens with zero attached hydrogens (tertiary/aromatic N) is 1. The van der Waals surface area contributed by atoms with Crippen LogP contribution in [0.15, 0.2) is 47.2 Å². The lowest BCUT2D eigenvalue weighted by Crippen LogP contribution is -2.49. The highest BCUT2D eigenvalue weighted by Crippen LogP contribution is 2.63. The van der Waals surface area contributed by atoms with E-state index >= 15 is 0 Å². The molecule has 37 heavy (non-hydrogen) atoms. The van der Waals surface area contributed by atoms with E-state index in [0.717, 1.165) is 42.9 Å². The van der Waals surface area contributed by atoms with Crippen molar-refractivity contribution in [3.8, 4) is 5.75 Å². The van der Waals surface area contributed by atoms with Crippen LogP contribution in [0, 0.1) is 30.1 Å². The third kappa shape index (κ3) is 4.72. The van der Waals surface area contributed by atoms with Crippen LogP contribution < -0.4 is 10.6 Å². The SMILES string of the molecule is Cc1cnc(NC(=O)CCC2CC(NCc3ccco3)C3(C)CCC4c5ccc(O)cc5CCC4C23)s1. The highest BCUT2D eigenvalue weighted by Gasteiger charge is 2.58. The molecule has 6 atom stereocenters. The monoisotopic (exact) mass is 519 g/mol. The van der Waals surface area contributed by atoms with Gasteiger partial charge in [0.1, 0.15) is 11.5 Å². The number of furan rings is 1. The fourth-order valence-corrected chi connectivity index (χ4v) is 8.70. The number of thiazole rings is 1. The largest absolute Gasteiger partial charge is 0.508 e. The second-order valence-corrected chi connectivity index (χ2v) is 12.9. The van der Waals surface area contributed by atoms with Gasteiger partial charge in [0.2, 0.25) is 5.91 Å². The third-order valence-electron chi connectivity index (χ3n) is 9.56. The van der Waals surface area contributed by atoms with Crippen molar-refractivity contribution in [2.24, 2.45) is 23.2 Å². The number of phenols is 1. The number of aromatic nitrogens is 1. The summed E-state index contributed by atoms with van der Waals surface area (Å²) in [6.45, 7) is 5.25. The lowest BCUT2D eigenvalue weighted by Gasteiger charge is -2.52. The Morgan fingerprint density at radius 3 is 2.97 bits per heavy atom. The Labute approximate surface area is 222 Å². The smallest absolute Gasteiger partial charge is 0.226 e. The molecule has 3 aromatic rings. The number of benzene rings is 1. The molecule has 6 nitrogen and oxygen atoms in total. The lowest BCUT2D eigenvalue weighted by atomic mass is 9.53. The molecule has 0 bridgehead atoms. The quantitative estimate of drug-likeness (QED) is 0.336. The van der Waals surface area contributed by atoms with E-state index in [1.165, 1.54) is 35.3 Å². The molecule has 6 unspecified atom stereocenters. The van der Waals surface area contributed by atoms with Gasteiger partial charge >= 0.3 is 0 Å². The molecular formula is C30H37N3O3S. The number of fused-ring (bicyclic) bond motifs is 5. The molecule has 3 aliphatic rings. The number of hydrogen-bond donors (Lipinski definition) is 3. The van der Waals surface area contributed by atoms with Crippen LogP contribution in [0.25, 0.3) is 0 Å². The Morgan fingerprint density at radius 1 is 1.30 bits per heavy atom. The maximum Gasteiger partial charge on any atom is 0.226 e. The lowest BCUT2D eigenvalue weighted by molar-refractivity contribution is -0.116. The van der Waals surface area contributed by atoms with Crippen molar-refractivity contribution in [3.63, 3.8) is 0 Å². The highest BCUT2D eigenvalue weighted by molar-refractivity contribution is 7.15. The number of aromatic hydroxyl groups is 1. The molecule has 196 valence electrons. The summed E-state index contributed by atoms with van der Waals surface area (Å²) >= 11 is 1.53. The molecule has 1 aromatic carbocycles. The van der Waals surface area contributed by atoms with Gasteiger partial charge in [-0.15, -0.1) is 11.3 Å². The number of amides is 1. The van der Waals surface area contributed by atoms with Crippen molar-refractivity contribution in [3.05, 3.63) is 64.6 Å². The van der Waals surface area contributed by atoms with Gasteiger partial charge in [-0.05, 0) is 110 Å². The van der Waals surface area contributed by atoms with E-state index in [0.29, 0.717) is 47.0 Å². The van der Waals surface area contributed by atoms with Gasteiger partial charge in [0.05, 0.1) is 12.8 Å². The minimum Gasteiger partial charge on any atom is -0.508 e. The first-order valence-electron chi connectivity index (χ1n) is 13.7. The number of hydrogen-bond acceptors (Lipinski definition) is 6. The average molecular weight is 520 g/mol. The Kier molecular flexibility index (Phi) is 6.61. The average Bonchev–Trinajstić information content (AvgIpc) is 3.60. The van der Waals surface area contributed by atoms with Crippen LogP contribution in [0.2, 0.25) is 0 Å². The summed E-state index contributed by atoms with van der Waals surface area (Å²) in [5.74, 6) is 3.63. The third-order valence-corrected chi connectivity index (χ3v) is 10.4. The molecule has 2 saturated carbocycles. The van der Waals surface area contributed by atoms with E-state index in [9.17, 15) is 9.90 Å². The van der Waals surface area contributed by atoms with Crippen LogP contribution in [-0.4, -0.2) is 22.0 Å². The zero-order chi connectivity index (χ0) is 25.6. The minimum absolute atomic E-state index is 0.0693. The van der Waals surface area contributed by atoms with Gasteiger partial charge in [-0.25, -0.2) is 4.98 Å². The molecule has 1 amide bonds. The van der Waals surface area contributed by atoms with Crippen LogP contribution in [0.5, 0.6) is 5.75 Å². The number of phenolic OH excluding ortho intramolecular Hbond substituents is 1. The van der Waals surface area contributed by atoms with Crippen LogP contribution in [0.3, 0.4) is 0 Å². The molecule has 2 heterocycles. The van der Waals surface area contributed by atoms with Gasteiger partial charge < -0.3 is 20.2 Å². The Hall–Kier alpha value is -2.64. The van der Waals surface area contributed by atoms with Crippen molar-refractivity contribution in [2.75, 3.05) is 5.32 Å². The zero-order valence-electron chi connectivity index (χ0n) is 21.7. The molecule has 0 aliphatic heterocycles. The number of anilines is 1. The minimum atomic E-state index is 0.0693. The van der Waals surface area contributed by atoms with Gasteiger partial charge in [-0.2, -0.15) is 0 Å². The molecule has 0 radical (unpaired) electrons. The number of nitrogens with one attached hydrogen (secondary N) is 2. The summed E-state index contributed by atoms with van der Waals surface area (Å²) < 4.78 is 5.62. The van der Waals surface area contributed by atoms with Crippen LogP contribution in [0.1, 0.15) is 73.1 Å². The summed E-state index contributed by atoms with van der Waals surface area (Å²) in [6, 6.07) is 10.4. The zero-order valence-corrected chi connectivity index (χ0v) is 22.5. The maximum absolute atomic E-state index is 12.9. The fraction of sp³-hybridized carbons (Fsp3) is 0.533. The van der Waals surface area contributed by atoms with Gasteiger partial charge in [0, 0.05) is 23.5 Å². The van der Waals surface area contributed by atoms with Gasteiger partial charge in [0.15, 0.2) is 5.13 Å². The van der Waals surface area contributed by atoms with Crippen molar-refractivity contribution < 1.29 is 14.3 Å². The molecule has 7 heteroatoms. The summed E-state index contributed by atoms with van der Waals surface area (Å²) in [4.78, 5) is 18.3. The topological polar surface area (TPSA) is 87.4 Å². The first kappa shape index (κ1) is 24.7. The van der Waals surface area contributed by atoms with Crippen LogP contribution in [-0.2, 0) is 17.8 Å². The Morgan fingerprint density at radius 2 is 2.19 bits per heavy atom. The van der Waals surface area contributed by atoms with E-state index < -0.39 is 0 Å². The molecule has 2 aromatic heterocycles. The normalized spacial score (nSPS) is 30.4. The van der Waals surface area contributed by atoms with Crippen molar-refractivity contribution in [1.29, 1.82) is 0 Å². The molecule has 0 spiro atoms. The predicted octanol–water partition coefficient (Wildman–Crippen LogP) is 6.41. The van der Waals surface area contributed by atoms with Crippen molar-refractivity contribution in [2.45, 2.75) is 77.3 Å². The second-order valence-electron chi connectivity index (χ2n) is 11.6. The van der Waals surface area contributed by atoms with E-state index in [-0.39, 0.29) is 11.3 Å². The molecular weight excluding hydrogens is 482 g/mol. The predicted molar refractivity (Wildman–Crippen MR) is 146 cm³/mol. The number of carbonyl (C=O) groups is 1. The Bertz CT molecular complexity index is 1250. The van der Waals surface area contributed by atoms with Gasteiger partial charge in [-0.1, -0.05) is 13.0 Å². The van der Waals surface area contributed by atoms with E-state index in [1.54, 1.807) is 12.5 Å². The van der Waals surface area contributed by atoms with Gasteiger partial charge in [-0.3, -0.25) is 4.79 Å². The summed E-state index contributed by atoms with van der Waals surface area (Å²) in [6.07, 6.45) is 10.6. The van der Waals surface area contributed by atoms with Crippen molar-refractivity contribution >= 4 is 22.4 Å². The van der Waals surface area contributed by atoms with E-state index in [4.69, 9.17) is 4.42 Å². The highest BCUT2D eigenvalue weighted by atomic mass is 32.1. The molecule has 3 N–H and O–H groups in total. The van der Waals surface area contributed by atoms with Crippen molar-refractivity contribution in [1.82, 2.24) is 10.3 Å². The Balaban J connectivity index is 1.23. The molecule has 3 aliphatic carbocycles. The number of aryl methyl sites for hydroxylation is 2. The summed E-state index contributed by atoms with van der Waals surface area (Å²) in [5.41, 5.74) is 2.96. The van der Waals surface area contributed by atoms with Crippen LogP contribution in [0.4, 0.5) is 5.13 Å². The maximum atomic E-state index is 12.9. The molecule has 0 saturated heterocycles. The first-order chi connectivity index (χ1) is 17.9. The fourth-order valence-electron chi connectivity index (χ4n) is 8.02. The van der Waals surface area contributed by atoms with E-state index in [1.807, 2.05) is 31.2 Å². The van der Waals surface area contributed by atoms with E-state index in [2.05, 4.69) is 28.6 Å². The summed E-state index contributed by atoms with van der Waals surface area (Å²) in [7, 11) is 0. The number of rotatable bonds is 7. The molecule has 2 fully saturated rings. The summed E-state index contributed by atoms with van der Waals surface area (Å²) in [5, 5.41) is 17.6. The number of carbonyl (C=O) groups excluding carboxylic acids is 1.